The number of hydrogen-bond acceptors (Lipinski definition) is 12. The van der Waals surface area contributed by atoms with Gasteiger partial charge in [-0.15, -0.1) is 0 Å². The fourth-order valence-electron chi connectivity index (χ4n) is 8.54. The first-order chi connectivity index (χ1) is 26.6. The number of phenolic OH excluding ortho intramolecular Hbond substituents is 2. The van der Waals surface area contributed by atoms with Gasteiger partial charge in [0, 0.05) is 177 Å². The molecule has 12 heteroatoms. The molecule has 0 amide bonds. The van der Waals surface area contributed by atoms with Crippen molar-refractivity contribution in [3.8, 4) is 11.5 Å². The molecule has 12 nitrogen and oxygen atoms in total. The van der Waals surface area contributed by atoms with Crippen molar-refractivity contribution in [3.05, 3.63) is 68.8 Å². The molecule has 2 aromatic rings. The van der Waals surface area contributed by atoms with E-state index in [0.29, 0.717) is 50.8 Å². The van der Waals surface area contributed by atoms with Gasteiger partial charge in [0.15, 0.2) is 5.78 Å². The largest absolute Gasteiger partial charge is 0.507 e. The summed E-state index contributed by atoms with van der Waals surface area (Å²) >= 11 is 0. The molecule has 5 aliphatic heterocycles. The van der Waals surface area contributed by atoms with E-state index in [4.69, 9.17) is 0 Å². The van der Waals surface area contributed by atoms with E-state index in [9.17, 15) is 15.0 Å². The molecule has 0 aliphatic carbocycles. The first kappa shape index (κ1) is 40.0. The van der Waals surface area contributed by atoms with Crippen molar-refractivity contribution in [3.63, 3.8) is 0 Å². The van der Waals surface area contributed by atoms with E-state index in [1.54, 1.807) is 0 Å². The van der Waals surface area contributed by atoms with E-state index >= 15 is 0 Å². The third kappa shape index (κ3) is 10.6. The molecule has 300 valence electrons. The van der Waals surface area contributed by atoms with E-state index in [2.05, 4.69) is 97.0 Å². The van der Waals surface area contributed by atoms with Crippen molar-refractivity contribution in [2.75, 3.05) is 146 Å². The van der Waals surface area contributed by atoms with Gasteiger partial charge in [0.2, 0.25) is 0 Å². The highest BCUT2D eigenvalue weighted by Crippen LogP contribution is 2.32. The Balaban J connectivity index is 1.16. The van der Waals surface area contributed by atoms with Gasteiger partial charge < -0.3 is 35.1 Å². The van der Waals surface area contributed by atoms with Crippen LogP contribution >= 0.6 is 0 Å². The van der Waals surface area contributed by atoms with Crippen molar-refractivity contribution in [2.24, 2.45) is 0 Å². The standard InChI is InChI=1S/C43H65N9O3/c1-45-5-13-49(14-6-45)29-37-23-33(24-38(42(37)54)30-50-15-7-46(2)8-16-50)21-35-27-44-28-36(41(35)53)22-34-25-39(31-51-17-9-47(3)10-18-51)43(55)40(26-34)32-52-19-11-48(4)12-20-52/h21-26,44,54-55H,5-20,27-32H2,1-4H3. The highest BCUT2D eigenvalue weighted by atomic mass is 16.3. The monoisotopic (exact) mass is 756 g/mol. The normalized spacial score (nSPS) is 24.4. The number of nitrogens with one attached hydrogen (secondary N) is 1. The maximum atomic E-state index is 14.3. The number of phenols is 2. The molecule has 0 saturated carbocycles. The van der Waals surface area contributed by atoms with Gasteiger partial charge >= 0.3 is 0 Å². The van der Waals surface area contributed by atoms with Crippen LogP contribution < -0.4 is 5.32 Å². The number of piperazine rings is 4. The summed E-state index contributed by atoms with van der Waals surface area (Å²) in [5.41, 5.74) is 7.11. The quantitative estimate of drug-likeness (QED) is 0.309. The molecule has 7 rings (SSSR count). The van der Waals surface area contributed by atoms with Crippen LogP contribution in [-0.4, -0.2) is 201 Å². The number of Topliss-reactive ketones (excluding diaryl/α,β-unsaturated/α-hetero) is 1. The van der Waals surface area contributed by atoms with E-state index in [-0.39, 0.29) is 5.78 Å². The number of rotatable bonds is 10. The molecule has 5 saturated heterocycles. The first-order valence-electron chi connectivity index (χ1n) is 20.6. The molecule has 2 aromatic carbocycles. The third-order valence-corrected chi connectivity index (χ3v) is 12.4. The maximum Gasteiger partial charge on any atom is 0.187 e. The fraction of sp³-hybridized carbons (Fsp3) is 0.605. The Morgan fingerprint density at radius 1 is 0.473 bits per heavy atom. The number of benzene rings is 2. The lowest BCUT2D eigenvalue weighted by Gasteiger charge is -2.34. The number of nitrogens with zero attached hydrogens (tertiary/aromatic N) is 8. The molecule has 0 aromatic heterocycles. The highest BCUT2D eigenvalue weighted by Gasteiger charge is 2.25. The lowest BCUT2D eigenvalue weighted by atomic mass is 9.93. The summed E-state index contributed by atoms with van der Waals surface area (Å²) in [6.45, 7) is 19.7. The van der Waals surface area contributed by atoms with Gasteiger partial charge in [0.1, 0.15) is 11.5 Å². The molecule has 55 heavy (non-hydrogen) atoms. The van der Waals surface area contributed by atoms with Crippen LogP contribution in [0.1, 0.15) is 33.4 Å². The lowest BCUT2D eigenvalue weighted by molar-refractivity contribution is -0.112. The van der Waals surface area contributed by atoms with Gasteiger partial charge in [-0.05, 0) is 75.7 Å². The summed E-state index contributed by atoms with van der Waals surface area (Å²) in [5, 5.41) is 26.8. The predicted molar refractivity (Wildman–Crippen MR) is 221 cm³/mol. The SMILES string of the molecule is CN1CCN(Cc2cc(C=C3CNCC(=Cc4cc(CN5CCN(C)CC5)c(O)c(CN5CCN(C)CC5)c4)C3=O)cc(CN3CCN(C)CC3)c2O)CC1. The van der Waals surface area contributed by atoms with Gasteiger partial charge in [-0.2, -0.15) is 0 Å². The summed E-state index contributed by atoms with van der Waals surface area (Å²) < 4.78 is 0. The minimum absolute atomic E-state index is 0.0578. The summed E-state index contributed by atoms with van der Waals surface area (Å²) in [4.78, 5) is 33.4. The Bertz CT molecular complexity index is 1490. The minimum Gasteiger partial charge on any atom is -0.507 e. The van der Waals surface area contributed by atoms with Crippen LogP contribution in [0.3, 0.4) is 0 Å². The molecule has 5 aliphatic rings. The van der Waals surface area contributed by atoms with Crippen molar-refractivity contribution in [2.45, 2.75) is 26.2 Å². The van der Waals surface area contributed by atoms with Gasteiger partial charge in [-0.3, -0.25) is 24.4 Å². The summed E-state index contributed by atoms with van der Waals surface area (Å²) in [6.07, 6.45) is 4.08. The van der Waals surface area contributed by atoms with Crippen LogP contribution in [0.5, 0.6) is 11.5 Å². The van der Waals surface area contributed by atoms with Crippen LogP contribution in [0.15, 0.2) is 35.4 Å². The molecule has 3 N–H and O–H groups in total. The molecule has 0 spiro atoms. The van der Waals surface area contributed by atoms with E-state index in [0.717, 1.165) is 149 Å². The molecule has 0 unspecified atom stereocenters. The van der Waals surface area contributed by atoms with Gasteiger partial charge in [0.05, 0.1) is 0 Å². The van der Waals surface area contributed by atoms with Crippen molar-refractivity contribution < 1.29 is 15.0 Å². The average Bonchev–Trinajstić information content (AvgIpc) is 3.17. The number of hydrogen-bond donors (Lipinski definition) is 3. The van der Waals surface area contributed by atoms with Crippen molar-refractivity contribution >= 4 is 17.9 Å². The van der Waals surface area contributed by atoms with Gasteiger partial charge in [-0.1, -0.05) is 0 Å². The summed E-state index contributed by atoms with van der Waals surface area (Å²) in [5.74, 6) is 0.837. The smallest absolute Gasteiger partial charge is 0.187 e. The second-order valence-corrected chi connectivity index (χ2v) is 17.0. The van der Waals surface area contributed by atoms with E-state index in [1.165, 1.54) is 0 Å². The number of likely N-dealkylation sites (N-methyl/N-ethyl adjacent to an activating group) is 4. The first-order valence-corrected chi connectivity index (χ1v) is 20.6. The van der Waals surface area contributed by atoms with Crippen molar-refractivity contribution in [1.29, 1.82) is 0 Å². The molecule has 0 bridgehead atoms. The third-order valence-electron chi connectivity index (χ3n) is 12.4. The lowest BCUT2D eigenvalue weighted by Crippen LogP contribution is -2.44. The van der Waals surface area contributed by atoms with E-state index < -0.39 is 0 Å². The predicted octanol–water partition coefficient (Wildman–Crippen LogP) is 1.73. The van der Waals surface area contributed by atoms with Crippen LogP contribution in [0.4, 0.5) is 0 Å². The summed E-state index contributed by atoms with van der Waals surface area (Å²) in [7, 11) is 8.65. The van der Waals surface area contributed by atoms with Crippen LogP contribution in [0.2, 0.25) is 0 Å². The molecular formula is C43H65N9O3. The second-order valence-electron chi connectivity index (χ2n) is 17.0. The second kappa shape index (κ2) is 18.4. The minimum atomic E-state index is 0.0578. The van der Waals surface area contributed by atoms with Gasteiger partial charge in [-0.25, -0.2) is 0 Å². The number of carbonyl (C=O) groups is 1. The Kier molecular flexibility index (Phi) is 13.4. The Morgan fingerprint density at radius 2 is 0.727 bits per heavy atom. The molecule has 0 atom stereocenters. The Morgan fingerprint density at radius 3 is 0.982 bits per heavy atom. The van der Waals surface area contributed by atoms with Gasteiger partial charge in [0.25, 0.3) is 0 Å². The van der Waals surface area contributed by atoms with Crippen LogP contribution in [-0.2, 0) is 31.0 Å². The number of carbonyl (C=O) groups excluding carboxylic acids is 1. The Hall–Kier alpha value is -3.17. The number of piperidine rings is 1. The maximum absolute atomic E-state index is 14.3. The average molecular weight is 756 g/mol. The highest BCUT2D eigenvalue weighted by molar-refractivity contribution is 6.14. The molecule has 0 radical (unpaired) electrons. The zero-order valence-corrected chi connectivity index (χ0v) is 33.9. The number of aromatic hydroxyl groups is 2. The summed E-state index contributed by atoms with van der Waals surface area (Å²) in [6, 6.07) is 8.37. The molecule has 5 fully saturated rings. The topological polar surface area (TPSA) is 95.5 Å². The molecule has 5 heterocycles. The zero-order chi connectivity index (χ0) is 38.5. The zero-order valence-electron chi connectivity index (χ0n) is 33.9. The van der Waals surface area contributed by atoms with Crippen LogP contribution in [0.25, 0.3) is 12.2 Å². The van der Waals surface area contributed by atoms with E-state index in [1.807, 2.05) is 12.2 Å². The fourth-order valence-corrected chi connectivity index (χ4v) is 8.54. The van der Waals surface area contributed by atoms with Crippen LogP contribution in [0, 0.1) is 0 Å². The molecular weight excluding hydrogens is 691 g/mol. The Labute approximate surface area is 329 Å². The number of ketones is 1. The van der Waals surface area contributed by atoms with Crippen molar-refractivity contribution in [1.82, 2.24) is 44.5 Å².